The highest BCUT2D eigenvalue weighted by Crippen LogP contribution is 2.25. The number of alkyl halides is 1. The topological polar surface area (TPSA) is 32.8 Å². The molecule has 0 aromatic heterocycles. The lowest BCUT2D eigenvalue weighted by atomic mass is 10.1. The standard InChI is InChI=1S/C15H21ClN2O2/c1-12(19)18-8-6-17(7-9-18)11-15(16)13-4-3-5-14(10-13)20-2/h3-5,10,15H,6-9,11H2,1-2H3. The normalized spacial score (nSPS) is 17.9. The Balaban J connectivity index is 1.88. The molecule has 2 rings (SSSR count). The number of nitrogens with zero attached hydrogens (tertiary/aromatic N) is 2. The molecule has 0 saturated carbocycles. The maximum absolute atomic E-state index is 11.3. The van der Waals surface area contributed by atoms with Crippen molar-refractivity contribution in [3.63, 3.8) is 0 Å². The smallest absolute Gasteiger partial charge is 0.219 e. The molecule has 5 heteroatoms. The average molecular weight is 297 g/mol. The third kappa shape index (κ3) is 3.87. The predicted molar refractivity (Wildman–Crippen MR) is 80.3 cm³/mol. The molecule has 1 aliphatic rings. The van der Waals surface area contributed by atoms with Gasteiger partial charge in [-0.2, -0.15) is 0 Å². The molecule has 0 aliphatic carbocycles. The van der Waals surface area contributed by atoms with E-state index in [1.54, 1.807) is 14.0 Å². The summed E-state index contributed by atoms with van der Waals surface area (Å²) in [5.41, 5.74) is 1.07. The Morgan fingerprint density at radius 2 is 2.05 bits per heavy atom. The first-order valence-electron chi connectivity index (χ1n) is 6.86. The van der Waals surface area contributed by atoms with Gasteiger partial charge in [-0.05, 0) is 17.7 Å². The number of amides is 1. The van der Waals surface area contributed by atoms with Crippen molar-refractivity contribution in [3.8, 4) is 5.75 Å². The van der Waals surface area contributed by atoms with Crippen molar-refractivity contribution >= 4 is 17.5 Å². The number of halogens is 1. The van der Waals surface area contributed by atoms with Crippen LogP contribution in [0.5, 0.6) is 5.75 Å². The Bertz CT molecular complexity index is 459. The van der Waals surface area contributed by atoms with Crippen LogP contribution in [0.3, 0.4) is 0 Å². The molecule has 0 radical (unpaired) electrons. The van der Waals surface area contributed by atoms with Gasteiger partial charge in [-0.15, -0.1) is 11.6 Å². The molecule has 20 heavy (non-hydrogen) atoms. The fourth-order valence-electron chi connectivity index (χ4n) is 2.41. The van der Waals surface area contributed by atoms with Gasteiger partial charge in [0, 0.05) is 39.6 Å². The molecule has 0 N–H and O–H groups in total. The highest BCUT2D eigenvalue weighted by Gasteiger charge is 2.21. The highest BCUT2D eigenvalue weighted by atomic mass is 35.5. The lowest BCUT2D eigenvalue weighted by molar-refractivity contribution is -0.130. The van der Waals surface area contributed by atoms with E-state index in [1.807, 2.05) is 29.2 Å². The molecule has 0 bridgehead atoms. The van der Waals surface area contributed by atoms with Crippen molar-refractivity contribution in [2.45, 2.75) is 12.3 Å². The van der Waals surface area contributed by atoms with E-state index in [0.29, 0.717) is 0 Å². The second kappa shape index (κ2) is 6.95. The van der Waals surface area contributed by atoms with Crippen LogP contribution in [-0.4, -0.2) is 55.5 Å². The summed E-state index contributed by atoms with van der Waals surface area (Å²) in [5.74, 6) is 0.981. The van der Waals surface area contributed by atoms with Crippen LogP contribution in [0.4, 0.5) is 0 Å². The number of ether oxygens (including phenoxy) is 1. The highest BCUT2D eigenvalue weighted by molar-refractivity contribution is 6.21. The lowest BCUT2D eigenvalue weighted by Crippen LogP contribution is -2.48. The monoisotopic (exact) mass is 296 g/mol. The maximum atomic E-state index is 11.3. The number of benzene rings is 1. The summed E-state index contributed by atoms with van der Waals surface area (Å²) in [4.78, 5) is 15.5. The third-order valence-electron chi connectivity index (χ3n) is 3.69. The summed E-state index contributed by atoms with van der Waals surface area (Å²) in [5, 5.41) is -0.0611. The van der Waals surface area contributed by atoms with Crippen LogP contribution in [0.15, 0.2) is 24.3 Å². The number of hydrogen-bond donors (Lipinski definition) is 0. The number of rotatable bonds is 4. The zero-order valence-corrected chi connectivity index (χ0v) is 12.8. The first-order chi connectivity index (χ1) is 9.60. The molecular weight excluding hydrogens is 276 g/mol. The van der Waals surface area contributed by atoms with Gasteiger partial charge in [0.1, 0.15) is 5.75 Å². The quantitative estimate of drug-likeness (QED) is 0.798. The van der Waals surface area contributed by atoms with Gasteiger partial charge in [0.05, 0.1) is 12.5 Å². The number of carbonyl (C=O) groups excluding carboxylic acids is 1. The van der Waals surface area contributed by atoms with E-state index in [4.69, 9.17) is 16.3 Å². The minimum Gasteiger partial charge on any atom is -0.497 e. The second-order valence-electron chi connectivity index (χ2n) is 5.05. The van der Waals surface area contributed by atoms with Gasteiger partial charge in [-0.3, -0.25) is 9.69 Å². The third-order valence-corrected chi connectivity index (χ3v) is 4.08. The largest absolute Gasteiger partial charge is 0.497 e. The number of carbonyl (C=O) groups is 1. The molecule has 1 aromatic carbocycles. The molecule has 0 spiro atoms. The Kier molecular flexibility index (Phi) is 5.26. The minimum absolute atomic E-state index is 0.0611. The van der Waals surface area contributed by atoms with E-state index in [-0.39, 0.29) is 11.3 Å². The minimum atomic E-state index is -0.0611. The van der Waals surface area contributed by atoms with Crippen molar-refractivity contribution in [1.29, 1.82) is 0 Å². The molecule has 1 aromatic rings. The molecule has 1 aliphatic heterocycles. The van der Waals surface area contributed by atoms with E-state index in [9.17, 15) is 4.79 Å². The van der Waals surface area contributed by atoms with E-state index >= 15 is 0 Å². The van der Waals surface area contributed by atoms with Crippen molar-refractivity contribution in [3.05, 3.63) is 29.8 Å². The van der Waals surface area contributed by atoms with Gasteiger partial charge in [0.25, 0.3) is 0 Å². The summed E-state index contributed by atoms with van der Waals surface area (Å²) < 4.78 is 5.22. The lowest BCUT2D eigenvalue weighted by Gasteiger charge is -2.35. The Morgan fingerprint density at radius 1 is 1.35 bits per heavy atom. The maximum Gasteiger partial charge on any atom is 0.219 e. The van der Waals surface area contributed by atoms with Crippen LogP contribution < -0.4 is 4.74 Å². The SMILES string of the molecule is COc1cccc(C(Cl)CN2CCN(C(C)=O)CC2)c1. The number of piperazine rings is 1. The van der Waals surface area contributed by atoms with Crippen LogP contribution in [0.1, 0.15) is 17.9 Å². The molecule has 1 unspecified atom stereocenters. The van der Waals surface area contributed by atoms with Crippen LogP contribution in [0.25, 0.3) is 0 Å². The molecular formula is C15H21ClN2O2. The zero-order chi connectivity index (χ0) is 14.5. The molecule has 1 atom stereocenters. The molecule has 1 heterocycles. The van der Waals surface area contributed by atoms with Gasteiger partial charge < -0.3 is 9.64 Å². The van der Waals surface area contributed by atoms with Crippen LogP contribution in [-0.2, 0) is 4.79 Å². The van der Waals surface area contributed by atoms with Gasteiger partial charge in [0.2, 0.25) is 5.91 Å². The predicted octanol–water partition coefficient (Wildman–Crippen LogP) is 2.14. The van der Waals surface area contributed by atoms with Gasteiger partial charge in [-0.1, -0.05) is 12.1 Å². The molecule has 1 amide bonds. The van der Waals surface area contributed by atoms with E-state index in [2.05, 4.69) is 4.90 Å². The fourth-order valence-corrected chi connectivity index (χ4v) is 2.74. The summed E-state index contributed by atoms with van der Waals surface area (Å²) in [6.07, 6.45) is 0. The molecule has 4 nitrogen and oxygen atoms in total. The van der Waals surface area contributed by atoms with E-state index < -0.39 is 0 Å². The van der Waals surface area contributed by atoms with E-state index in [0.717, 1.165) is 44.0 Å². The molecule has 1 fully saturated rings. The van der Waals surface area contributed by atoms with Crippen LogP contribution in [0, 0.1) is 0 Å². The van der Waals surface area contributed by atoms with Crippen molar-refractivity contribution in [2.75, 3.05) is 39.8 Å². The Labute approximate surface area is 125 Å². The first-order valence-corrected chi connectivity index (χ1v) is 7.29. The Morgan fingerprint density at radius 3 is 2.65 bits per heavy atom. The fraction of sp³-hybridized carbons (Fsp3) is 0.533. The molecule has 1 saturated heterocycles. The Hall–Kier alpha value is -1.26. The van der Waals surface area contributed by atoms with Crippen LogP contribution >= 0.6 is 11.6 Å². The first kappa shape index (κ1) is 15.1. The van der Waals surface area contributed by atoms with Gasteiger partial charge in [-0.25, -0.2) is 0 Å². The van der Waals surface area contributed by atoms with Gasteiger partial charge in [0.15, 0.2) is 0 Å². The van der Waals surface area contributed by atoms with Gasteiger partial charge >= 0.3 is 0 Å². The summed E-state index contributed by atoms with van der Waals surface area (Å²) in [7, 11) is 1.66. The summed E-state index contributed by atoms with van der Waals surface area (Å²) in [6, 6.07) is 7.87. The number of hydrogen-bond acceptors (Lipinski definition) is 3. The number of methoxy groups -OCH3 is 1. The summed E-state index contributed by atoms with van der Waals surface area (Å²) >= 11 is 6.49. The summed E-state index contributed by atoms with van der Waals surface area (Å²) in [6.45, 7) is 5.75. The van der Waals surface area contributed by atoms with Crippen LogP contribution in [0.2, 0.25) is 0 Å². The second-order valence-corrected chi connectivity index (χ2v) is 5.58. The molecule has 110 valence electrons. The van der Waals surface area contributed by atoms with Crippen molar-refractivity contribution < 1.29 is 9.53 Å². The zero-order valence-electron chi connectivity index (χ0n) is 12.0. The van der Waals surface area contributed by atoms with Crippen molar-refractivity contribution in [1.82, 2.24) is 9.80 Å². The van der Waals surface area contributed by atoms with E-state index in [1.165, 1.54) is 0 Å². The van der Waals surface area contributed by atoms with Crippen molar-refractivity contribution in [2.24, 2.45) is 0 Å². The average Bonchev–Trinajstić information content (AvgIpc) is 2.47.